The van der Waals surface area contributed by atoms with E-state index in [1.54, 1.807) is 19.1 Å². The summed E-state index contributed by atoms with van der Waals surface area (Å²) in [6.07, 6.45) is 12.9. The van der Waals surface area contributed by atoms with Gasteiger partial charge in [-0.15, -0.1) is 0 Å². The highest BCUT2D eigenvalue weighted by molar-refractivity contribution is 5.94. The molecule has 2 rings (SSSR count). The zero-order valence-corrected chi connectivity index (χ0v) is 33.4. The third kappa shape index (κ3) is 30.5. The lowest BCUT2D eigenvalue weighted by Gasteiger charge is -2.18. The van der Waals surface area contributed by atoms with Gasteiger partial charge in [-0.1, -0.05) is 137 Å². The number of allylic oxidation sites excluding steroid dienone is 5. The molecule has 1 aromatic rings. The number of aldehydes is 1. The second-order valence-corrected chi connectivity index (χ2v) is 12.4. The van der Waals surface area contributed by atoms with E-state index in [1.165, 1.54) is 32.4 Å². The maximum Gasteiger partial charge on any atom is 0.247 e. The Morgan fingerprint density at radius 3 is 2.04 bits per heavy atom. The second kappa shape index (κ2) is 35.3. The van der Waals surface area contributed by atoms with Crippen molar-refractivity contribution in [1.29, 1.82) is 0 Å². The van der Waals surface area contributed by atoms with Crippen LogP contribution in [0.5, 0.6) is 0 Å². The fourth-order valence-corrected chi connectivity index (χ4v) is 3.79. The molecule has 0 aliphatic heterocycles. The van der Waals surface area contributed by atoms with Gasteiger partial charge in [0.1, 0.15) is 6.29 Å². The molecule has 0 saturated carbocycles. The summed E-state index contributed by atoms with van der Waals surface area (Å²) in [6, 6.07) is 9.08. The van der Waals surface area contributed by atoms with Crippen molar-refractivity contribution in [3.63, 3.8) is 0 Å². The Kier molecular flexibility index (Phi) is 35.8. The van der Waals surface area contributed by atoms with Crippen LogP contribution in [0.4, 0.5) is 0 Å². The monoisotopic (exact) mass is 700 g/mol. The minimum absolute atomic E-state index is 0.110. The van der Waals surface area contributed by atoms with Crippen molar-refractivity contribution in [1.82, 2.24) is 20.9 Å². The van der Waals surface area contributed by atoms with Crippen LogP contribution in [0.2, 0.25) is 0 Å². The Labute approximate surface area is 306 Å². The number of carbonyl (C=O) groups excluding carboxylic acids is 4. The van der Waals surface area contributed by atoms with Gasteiger partial charge in [-0.25, -0.2) is 0 Å². The van der Waals surface area contributed by atoms with Gasteiger partial charge in [-0.3, -0.25) is 19.2 Å². The quantitative estimate of drug-likeness (QED) is 0.144. The number of hydrogen-bond acceptors (Lipinski definition) is 6. The lowest BCUT2D eigenvalue weighted by Crippen LogP contribution is -2.43. The van der Waals surface area contributed by atoms with Gasteiger partial charge >= 0.3 is 0 Å². The van der Waals surface area contributed by atoms with Crippen LogP contribution in [0.3, 0.4) is 0 Å². The van der Waals surface area contributed by atoms with Crippen molar-refractivity contribution < 1.29 is 19.2 Å². The molecule has 0 radical (unpaired) electrons. The first-order valence-electron chi connectivity index (χ1n) is 18.7. The molecule has 3 amide bonds. The largest absolute Gasteiger partial charge is 0.351 e. The van der Waals surface area contributed by atoms with Crippen molar-refractivity contribution in [2.75, 3.05) is 33.2 Å². The highest BCUT2D eigenvalue weighted by Gasteiger charge is 2.18. The third-order valence-corrected chi connectivity index (χ3v) is 7.14. The molecule has 50 heavy (non-hydrogen) atoms. The number of amides is 3. The summed E-state index contributed by atoms with van der Waals surface area (Å²) < 4.78 is 0. The average Bonchev–Trinajstić information content (AvgIpc) is 3.11. The van der Waals surface area contributed by atoms with Gasteiger partial charge in [0.2, 0.25) is 17.7 Å². The van der Waals surface area contributed by atoms with Crippen LogP contribution in [0, 0.1) is 11.8 Å². The molecule has 5 N–H and O–H groups in total. The van der Waals surface area contributed by atoms with E-state index in [9.17, 15) is 19.2 Å². The van der Waals surface area contributed by atoms with E-state index in [2.05, 4.69) is 76.4 Å². The van der Waals surface area contributed by atoms with Crippen molar-refractivity contribution in [2.24, 2.45) is 17.6 Å². The van der Waals surface area contributed by atoms with E-state index >= 15 is 0 Å². The van der Waals surface area contributed by atoms with Gasteiger partial charge in [0.25, 0.3) is 0 Å². The molecule has 0 saturated heterocycles. The van der Waals surface area contributed by atoms with Crippen LogP contribution in [0.25, 0.3) is 0 Å². The number of nitrogens with zero attached hydrogens (tertiary/aromatic N) is 1. The summed E-state index contributed by atoms with van der Waals surface area (Å²) in [6.45, 7) is 23.9. The van der Waals surface area contributed by atoms with Crippen LogP contribution in [0.1, 0.15) is 113 Å². The van der Waals surface area contributed by atoms with E-state index in [1.807, 2.05) is 56.3 Å². The predicted molar refractivity (Wildman–Crippen MR) is 213 cm³/mol. The Morgan fingerprint density at radius 1 is 0.940 bits per heavy atom. The number of carbonyl (C=O) groups is 4. The fraction of sp³-hybridized carbons (Fsp3) is 0.610. The lowest BCUT2D eigenvalue weighted by atomic mass is 10.0. The molecule has 0 heterocycles. The van der Waals surface area contributed by atoms with Crippen molar-refractivity contribution in [2.45, 2.75) is 120 Å². The van der Waals surface area contributed by atoms with E-state index in [4.69, 9.17) is 5.73 Å². The Bertz CT molecular complexity index is 1100. The fourth-order valence-electron chi connectivity index (χ4n) is 3.79. The van der Waals surface area contributed by atoms with Crippen LogP contribution in [-0.2, 0) is 25.7 Å². The molecule has 9 nitrogen and oxygen atoms in total. The molecule has 0 bridgehead atoms. The molecule has 9 heteroatoms. The zero-order valence-electron chi connectivity index (χ0n) is 33.4. The first-order chi connectivity index (χ1) is 23.9. The van der Waals surface area contributed by atoms with Crippen LogP contribution < -0.4 is 21.7 Å². The Morgan fingerprint density at radius 2 is 1.54 bits per heavy atom. The summed E-state index contributed by atoms with van der Waals surface area (Å²) >= 11 is 0. The lowest BCUT2D eigenvalue weighted by molar-refractivity contribution is -0.128. The molecule has 0 fully saturated rings. The number of rotatable bonds is 15. The van der Waals surface area contributed by atoms with E-state index in [0.29, 0.717) is 37.0 Å². The molecular weight excluding hydrogens is 626 g/mol. The molecule has 1 aliphatic rings. The first-order valence-corrected chi connectivity index (χ1v) is 18.7. The standard InChI is InChI=1S/C25H32N4O4.C6H15N.C5H12.C3H8.C2H6/c1-18(24(32)29-16-23(31)27-14-19-7-3-2-4-8-19)13-22(26)15-28-25(33)21-10-6-5-9-20(17-30)11-12-21;1-4-6-7(3)5-2;1-4-5(2)3;1-3-2;1-2/h2-5,7-11,17-18,22H,6,12-16,26H2,1H3,(H,27,31)(H,28,33)(H,29,32);4-6H2,1-3H3;5H,4H2,1-3H3;3H2,1-2H3;1-2H3/b9-5?,20-11+,21-10+;;;;. The second-order valence-electron chi connectivity index (χ2n) is 12.4. The highest BCUT2D eigenvalue weighted by Crippen LogP contribution is 2.12. The van der Waals surface area contributed by atoms with Gasteiger partial charge in [0.15, 0.2) is 0 Å². The Balaban J connectivity index is -0.00000108. The molecule has 1 aromatic carbocycles. The predicted octanol–water partition coefficient (Wildman–Crippen LogP) is 7.13. The van der Waals surface area contributed by atoms with E-state index in [0.717, 1.165) is 17.8 Å². The normalized spacial score (nSPS) is 14.9. The van der Waals surface area contributed by atoms with Gasteiger partial charge in [-0.2, -0.15) is 0 Å². The van der Waals surface area contributed by atoms with Crippen molar-refractivity contribution >= 4 is 24.0 Å². The third-order valence-electron chi connectivity index (χ3n) is 7.14. The van der Waals surface area contributed by atoms with Gasteiger partial charge in [0, 0.05) is 36.2 Å². The highest BCUT2D eigenvalue weighted by atomic mass is 16.2. The van der Waals surface area contributed by atoms with Crippen molar-refractivity contribution in [3.8, 4) is 0 Å². The first kappa shape index (κ1) is 50.8. The van der Waals surface area contributed by atoms with Gasteiger partial charge in [0.05, 0.1) is 6.54 Å². The number of nitrogens with two attached hydrogens (primary N) is 1. The molecule has 0 aromatic heterocycles. The maximum atomic E-state index is 12.4. The molecular formula is C41H73N5O4. The maximum absolute atomic E-state index is 12.4. The number of benzene rings is 1. The summed E-state index contributed by atoms with van der Waals surface area (Å²) in [4.78, 5) is 49.9. The molecule has 2 atom stereocenters. The summed E-state index contributed by atoms with van der Waals surface area (Å²) in [5.41, 5.74) is 8.18. The van der Waals surface area contributed by atoms with Gasteiger partial charge in [-0.05, 0) is 57.3 Å². The van der Waals surface area contributed by atoms with E-state index < -0.39 is 12.0 Å². The van der Waals surface area contributed by atoms with Gasteiger partial charge < -0.3 is 26.6 Å². The van der Waals surface area contributed by atoms with Crippen molar-refractivity contribution in [3.05, 3.63) is 71.3 Å². The van der Waals surface area contributed by atoms with Crippen LogP contribution in [0.15, 0.2) is 65.8 Å². The van der Waals surface area contributed by atoms with Crippen LogP contribution in [-0.4, -0.2) is 68.2 Å². The summed E-state index contributed by atoms with van der Waals surface area (Å²) in [7, 11) is 2.14. The van der Waals surface area contributed by atoms with E-state index in [-0.39, 0.29) is 30.8 Å². The molecule has 0 spiro atoms. The smallest absolute Gasteiger partial charge is 0.247 e. The number of nitrogens with one attached hydrogen (secondary N) is 3. The SMILES string of the molecule is CC.CC(CC(N)CNC(=O)/C1=C/CC=C/C(C=O)=C\C1)C(=O)NCC(=O)NCc1ccccc1.CCC.CCC(C)C.CCCN(C)CC. The zero-order chi connectivity index (χ0) is 38.7. The summed E-state index contributed by atoms with van der Waals surface area (Å²) in [5.74, 6) is -0.315. The minimum Gasteiger partial charge on any atom is -0.351 e. The molecule has 2 unspecified atom stereocenters. The molecule has 1 aliphatic carbocycles. The molecule has 286 valence electrons. The van der Waals surface area contributed by atoms with Crippen LogP contribution >= 0.6 is 0 Å². The summed E-state index contributed by atoms with van der Waals surface area (Å²) in [5, 5.41) is 8.16. The minimum atomic E-state index is -0.420. The average molecular weight is 700 g/mol. The number of hydrogen-bond donors (Lipinski definition) is 4. The Hall–Kier alpha value is -3.56. The topological polar surface area (TPSA) is 134 Å².